The van der Waals surface area contributed by atoms with E-state index >= 15 is 0 Å². The number of hydrogen-bond acceptors (Lipinski definition) is 9. The van der Waals surface area contributed by atoms with Gasteiger partial charge in [-0.25, -0.2) is 0 Å². The minimum absolute atomic E-state index is 0.197. The van der Waals surface area contributed by atoms with Crippen LogP contribution in [-0.4, -0.2) is 67.7 Å². The summed E-state index contributed by atoms with van der Waals surface area (Å²) in [5.41, 5.74) is -1.42. The van der Waals surface area contributed by atoms with Crippen molar-refractivity contribution in [2.75, 3.05) is 26.4 Å². The van der Waals surface area contributed by atoms with Crippen LogP contribution >= 0.6 is 0 Å². The Hall–Kier alpha value is -1.72. The Morgan fingerprint density at radius 3 is 2.03 bits per heavy atom. The highest BCUT2D eigenvalue weighted by Crippen LogP contribution is 2.23. The third kappa shape index (κ3) is 12.1. The van der Waals surface area contributed by atoms with E-state index in [-0.39, 0.29) is 13.0 Å². The van der Waals surface area contributed by atoms with Gasteiger partial charge >= 0.3 is 17.9 Å². The summed E-state index contributed by atoms with van der Waals surface area (Å²) in [7, 11) is -4.88. The first-order valence-electron chi connectivity index (χ1n) is 12.2. The molecule has 0 radical (unpaired) electrons. The summed E-state index contributed by atoms with van der Waals surface area (Å²) in [5.74, 6) is -2.89. The van der Waals surface area contributed by atoms with Crippen molar-refractivity contribution in [3.63, 3.8) is 0 Å². The predicted octanol–water partition coefficient (Wildman–Crippen LogP) is 2.96. The van der Waals surface area contributed by atoms with Gasteiger partial charge in [-0.15, -0.1) is 0 Å². The molecule has 2 unspecified atom stereocenters. The van der Waals surface area contributed by atoms with Crippen LogP contribution in [0.25, 0.3) is 0 Å². The first kappa shape index (κ1) is 30.3. The van der Waals surface area contributed by atoms with Crippen molar-refractivity contribution in [3.05, 3.63) is 0 Å². The van der Waals surface area contributed by atoms with Crippen LogP contribution in [0, 0.1) is 5.41 Å². The smallest absolute Gasteiger partial charge is 0.327 e. The van der Waals surface area contributed by atoms with Crippen molar-refractivity contribution in [2.45, 2.75) is 95.6 Å². The number of hydrogen-bond donors (Lipinski definition) is 2. The van der Waals surface area contributed by atoms with Gasteiger partial charge in [0.25, 0.3) is 10.1 Å². The number of unbranched alkanes of at least 4 members (excludes halogenated alkanes) is 10. The molecule has 1 heterocycles. The Bertz CT molecular complexity index is 736. The fourth-order valence-electron chi connectivity index (χ4n) is 3.57. The van der Waals surface area contributed by atoms with Gasteiger partial charge in [-0.2, -0.15) is 8.42 Å². The molecule has 0 amide bonds. The summed E-state index contributed by atoms with van der Waals surface area (Å²) in [6, 6.07) is 0. The zero-order valence-corrected chi connectivity index (χ0v) is 21.0. The third-order valence-corrected chi connectivity index (χ3v) is 6.97. The second kappa shape index (κ2) is 16.0. The van der Waals surface area contributed by atoms with E-state index in [4.69, 9.17) is 18.8 Å². The lowest BCUT2D eigenvalue weighted by molar-refractivity contribution is -0.161. The molecular weight excluding hydrogens is 468 g/mol. The minimum Gasteiger partial charge on any atom is -0.465 e. The molecule has 11 heteroatoms. The number of rotatable bonds is 16. The number of cyclic esters (lactones) is 2. The molecule has 0 spiro atoms. The number of ether oxygens (including phenoxy) is 3. The van der Waals surface area contributed by atoms with Gasteiger partial charge in [-0.3, -0.25) is 18.9 Å². The molecule has 1 aliphatic rings. The van der Waals surface area contributed by atoms with E-state index in [0.29, 0.717) is 6.42 Å². The summed E-state index contributed by atoms with van der Waals surface area (Å²) in [5, 5.41) is 7.68. The van der Waals surface area contributed by atoms with E-state index < -0.39 is 64.9 Å². The van der Waals surface area contributed by atoms with Crippen molar-refractivity contribution >= 4 is 28.0 Å². The average Bonchev–Trinajstić information content (AvgIpc) is 2.85. The molecule has 1 aliphatic heterocycles. The monoisotopic (exact) mass is 508 g/mol. The Balaban J connectivity index is 2.36. The standard InChI is InChI=1S/C23H40O10S/c1-2-3-4-5-6-7-8-9-10-11-12-13-20(25)31-16-23(15-24)17-32-21(26)14-19(34(28,29)30)22(27)33-18-23/h19,24H,2-18H2,1H3,(H,28,29,30). The van der Waals surface area contributed by atoms with Gasteiger partial charge in [0.15, 0.2) is 5.25 Å². The van der Waals surface area contributed by atoms with Gasteiger partial charge in [-0.05, 0) is 6.42 Å². The van der Waals surface area contributed by atoms with Gasteiger partial charge in [0, 0.05) is 6.42 Å². The molecule has 1 saturated heterocycles. The molecule has 0 aromatic rings. The van der Waals surface area contributed by atoms with E-state index in [2.05, 4.69) is 6.92 Å². The fourth-order valence-corrected chi connectivity index (χ4v) is 4.23. The summed E-state index contributed by atoms with van der Waals surface area (Å²) in [4.78, 5) is 36.0. The highest BCUT2D eigenvalue weighted by molar-refractivity contribution is 7.87. The SMILES string of the molecule is CCCCCCCCCCCCCC(=O)OCC1(CO)COC(=O)CC(S(=O)(=O)O)C(=O)OC1. The van der Waals surface area contributed by atoms with Crippen molar-refractivity contribution in [3.8, 4) is 0 Å². The maximum Gasteiger partial charge on any atom is 0.327 e. The number of aliphatic hydroxyl groups excluding tert-OH is 1. The molecule has 0 aliphatic carbocycles. The minimum atomic E-state index is -4.88. The zero-order valence-electron chi connectivity index (χ0n) is 20.2. The molecular formula is C23H40O10S. The van der Waals surface area contributed by atoms with Gasteiger partial charge < -0.3 is 19.3 Å². The normalized spacial score (nSPS) is 21.7. The van der Waals surface area contributed by atoms with Crippen LogP contribution in [0.3, 0.4) is 0 Å². The largest absolute Gasteiger partial charge is 0.465 e. The van der Waals surface area contributed by atoms with Crippen molar-refractivity contribution in [1.82, 2.24) is 0 Å². The molecule has 1 rings (SSSR count). The average molecular weight is 509 g/mol. The van der Waals surface area contributed by atoms with E-state index in [0.717, 1.165) is 19.3 Å². The van der Waals surface area contributed by atoms with Crippen LogP contribution in [0.4, 0.5) is 0 Å². The molecule has 10 nitrogen and oxygen atoms in total. The predicted molar refractivity (Wildman–Crippen MR) is 123 cm³/mol. The van der Waals surface area contributed by atoms with E-state index in [9.17, 15) is 27.9 Å². The van der Waals surface area contributed by atoms with Crippen LogP contribution in [0.1, 0.15) is 90.4 Å². The highest BCUT2D eigenvalue weighted by atomic mass is 32.2. The van der Waals surface area contributed by atoms with Crippen LogP contribution in [0.15, 0.2) is 0 Å². The van der Waals surface area contributed by atoms with E-state index in [1.165, 1.54) is 44.9 Å². The van der Waals surface area contributed by atoms with Gasteiger partial charge in [0.05, 0.1) is 18.4 Å². The molecule has 34 heavy (non-hydrogen) atoms. The molecule has 1 fully saturated rings. The molecule has 0 aromatic carbocycles. The molecule has 2 N–H and O–H groups in total. The van der Waals surface area contributed by atoms with Crippen LogP contribution < -0.4 is 0 Å². The fraction of sp³-hybridized carbons (Fsp3) is 0.870. The van der Waals surface area contributed by atoms with Gasteiger partial charge in [-0.1, -0.05) is 71.1 Å². The third-order valence-electron chi connectivity index (χ3n) is 5.89. The van der Waals surface area contributed by atoms with E-state index in [1.54, 1.807) is 0 Å². The number of esters is 3. The topological polar surface area (TPSA) is 154 Å². The lowest BCUT2D eigenvalue weighted by Crippen LogP contribution is -2.42. The lowest BCUT2D eigenvalue weighted by Gasteiger charge is -2.29. The Morgan fingerprint density at radius 2 is 1.50 bits per heavy atom. The first-order valence-corrected chi connectivity index (χ1v) is 13.7. The van der Waals surface area contributed by atoms with Crippen molar-refractivity contribution in [2.24, 2.45) is 5.41 Å². The lowest BCUT2D eigenvalue weighted by atomic mass is 9.92. The second-order valence-corrected chi connectivity index (χ2v) is 10.7. The van der Waals surface area contributed by atoms with E-state index in [1.807, 2.05) is 0 Å². The zero-order chi connectivity index (χ0) is 25.5. The number of carbonyl (C=O) groups excluding carboxylic acids is 3. The van der Waals surface area contributed by atoms with Crippen LogP contribution in [-0.2, 0) is 38.7 Å². The summed E-state index contributed by atoms with van der Waals surface area (Å²) in [6.45, 7) is 0.192. The quantitative estimate of drug-likeness (QED) is 0.138. The number of carbonyl (C=O) groups is 3. The summed E-state index contributed by atoms with van der Waals surface area (Å²) in [6.07, 6.45) is 11.9. The highest BCUT2D eigenvalue weighted by Gasteiger charge is 2.42. The van der Waals surface area contributed by atoms with Crippen LogP contribution in [0.5, 0.6) is 0 Å². The molecule has 2 atom stereocenters. The molecule has 0 aromatic heterocycles. The first-order chi connectivity index (χ1) is 16.1. The van der Waals surface area contributed by atoms with Crippen LogP contribution in [0.2, 0.25) is 0 Å². The maximum atomic E-state index is 12.1. The molecule has 0 bridgehead atoms. The molecule has 0 saturated carbocycles. The van der Waals surface area contributed by atoms with Crippen molar-refractivity contribution in [1.29, 1.82) is 0 Å². The summed E-state index contributed by atoms with van der Waals surface area (Å²) < 4.78 is 46.9. The molecule has 198 valence electrons. The second-order valence-electron chi connectivity index (χ2n) is 9.08. The van der Waals surface area contributed by atoms with Crippen molar-refractivity contribution < 1.29 is 46.7 Å². The maximum absolute atomic E-state index is 12.1. The Kier molecular flexibility index (Phi) is 14.3. The Labute approximate surface area is 202 Å². The van der Waals surface area contributed by atoms with Gasteiger partial charge in [0.1, 0.15) is 19.8 Å². The Morgan fingerprint density at radius 1 is 0.971 bits per heavy atom. The number of aliphatic hydroxyl groups is 1. The summed E-state index contributed by atoms with van der Waals surface area (Å²) >= 11 is 0. The van der Waals surface area contributed by atoms with Gasteiger partial charge in [0.2, 0.25) is 0 Å².